The summed E-state index contributed by atoms with van der Waals surface area (Å²) >= 11 is 0. The van der Waals surface area contributed by atoms with Gasteiger partial charge in [-0.05, 0) is 24.7 Å². The monoisotopic (exact) mass is 421 g/mol. The molecule has 1 saturated heterocycles. The van der Waals surface area contributed by atoms with Gasteiger partial charge in [0.25, 0.3) is 0 Å². The van der Waals surface area contributed by atoms with E-state index in [2.05, 4.69) is 20.9 Å². The minimum absolute atomic E-state index is 0.0315. The average Bonchev–Trinajstić information content (AvgIpc) is 2.73. The Hall–Kier alpha value is -3.01. The predicted molar refractivity (Wildman–Crippen MR) is 109 cm³/mol. The summed E-state index contributed by atoms with van der Waals surface area (Å²) in [6.07, 6.45) is 0.747. The van der Waals surface area contributed by atoms with Gasteiger partial charge in [-0.3, -0.25) is 19.2 Å². The Morgan fingerprint density at radius 3 is 2.47 bits per heavy atom. The van der Waals surface area contributed by atoms with Gasteiger partial charge in [-0.25, -0.2) is 4.39 Å². The second-order valence-electron chi connectivity index (χ2n) is 7.17. The fourth-order valence-electron chi connectivity index (χ4n) is 3.10. The first-order chi connectivity index (χ1) is 14.3. The van der Waals surface area contributed by atoms with Crippen LogP contribution in [-0.2, 0) is 25.6 Å². The summed E-state index contributed by atoms with van der Waals surface area (Å²) in [4.78, 5) is 50.6. The van der Waals surface area contributed by atoms with Gasteiger partial charge in [0.2, 0.25) is 24.1 Å². The number of anilines is 1. The molecule has 1 aliphatic rings. The van der Waals surface area contributed by atoms with Crippen LogP contribution in [0.15, 0.2) is 18.2 Å². The number of hydrogen-bond donors (Lipinski definition) is 3. The molecule has 1 heterocycles. The molecule has 0 bridgehead atoms. The minimum Gasteiger partial charge on any atom is -0.350 e. The molecule has 1 aromatic carbocycles. The first-order valence-electron chi connectivity index (χ1n) is 9.86. The Morgan fingerprint density at radius 2 is 1.87 bits per heavy atom. The van der Waals surface area contributed by atoms with Crippen molar-refractivity contribution in [3.63, 3.8) is 0 Å². The van der Waals surface area contributed by atoms with E-state index in [1.165, 1.54) is 12.1 Å². The van der Waals surface area contributed by atoms with Crippen LogP contribution in [0.1, 0.15) is 18.9 Å². The van der Waals surface area contributed by atoms with Gasteiger partial charge in [-0.15, -0.1) is 0 Å². The van der Waals surface area contributed by atoms with E-state index < -0.39 is 17.8 Å². The second-order valence-corrected chi connectivity index (χ2v) is 7.17. The number of amides is 4. The quantitative estimate of drug-likeness (QED) is 0.475. The van der Waals surface area contributed by atoms with E-state index in [-0.39, 0.29) is 36.9 Å². The molecule has 30 heavy (non-hydrogen) atoms. The van der Waals surface area contributed by atoms with E-state index in [0.717, 1.165) is 13.1 Å². The number of nitrogens with zero attached hydrogens (tertiary/aromatic N) is 2. The highest BCUT2D eigenvalue weighted by Crippen LogP contribution is 2.18. The van der Waals surface area contributed by atoms with E-state index in [0.29, 0.717) is 25.1 Å². The van der Waals surface area contributed by atoms with Crippen LogP contribution in [0.25, 0.3) is 0 Å². The molecule has 164 valence electrons. The van der Waals surface area contributed by atoms with Gasteiger partial charge in [0.05, 0.1) is 12.2 Å². The summed E-state index contributed by atoms with van der Waals surface area (Å²) in [7, 11) is 1.98. The van der Waals surface area contributed by atoms with Gasteiger partial charge in [-0.2, -0.15) is 0 Å². The molecule has 0 aliphatic carbocycles. The molecule has 1 unspecified atom stereocenters. The van der Waals surface area contributed by atoms with Crippen LogP contribution in [-0.4, -0.2) is 79.7 Å². The fraction of sp³-hybridized carbons (Fsp3) is 0.500. The molecule has 0 saturated carbocycles. The topological polar surface area (TPSA) is 111 Å². The van der Waals surface area contributed by atoms with Crippen molar-refractivity contribution in [3.8, 4) is 0 Å². The first kappa shape index (κ1) is 23.3. The normalized spacial score (nSPS) is 15.2. The van der Waals surface area contributed by atoms with Crippen LogP contribution in [0.5, 0.6) is 0 Å². The lowest BCUT2D eigenvalue weighted by Crippen LogP contribution is -2.54. The van der Waals surface area contributed by atoms with Gasteiger partial charge in [0.1, 0.15) is 11.9 Å². The fourth-order valence-corrected chi connectivity index (χ4v) is 3.10. The molecule has 10 heteroatoms. The molecule has 9 nitrogen and oxygen atoms in total. The maximum absolute atomic E-state index is 14.4. The van der Waals surface area contributed by atoms with Gasteiger partial charge >= 0.3 is 0 Å². The highest BCUT2D eigenvalue weighted by Gasteiger charge is 2.28. The van der Waals surface area contributed by atoms with E-state index in [1.54, 1.807) is 17.9 Å². The van der Waals surface area contributed by atoms with Crippen LogP contribution in [0.3, 0.4) is 0 Å². The molecule has 1 aliphatic heterocycles. The molecule has 2 rings (SSSR count). The molecule has 0 aromatic heterocycles. The summed E-state index contributed by atoms with van der Waals surface area (Å²) in [5.41, 5.74) is 0.483. The lowest BCUT2D eigenvalue weighted by Gasteiger charge is -2.34. The van der Waals surface area contributed by atoms with Gasteiger partial charge in [0, 0.05) is 39.0 Å². The summed E-state index contributed by atoms with van der Waals surface area (Å²) in [5.74, 6) is -1.68. The first-order valence-corrected chi connectivity index (χ1v) is 9.86. The van der Waals surface area contributed by atoms with Crippen LogP contribution in [0.2, 0.25) is 0 Å². The average molecular weight is 421 g/mol. The summed E-state index contributed by atoms with van der Waals surface area (Å²) in [6.45, 7) is 4.08. The molecule has 1 atom stereocenters. The number of carbonyl (C=O) groups is 4. The van der Waals surface area contributed by atoms with Crippen molar-refractivity contribution in [1.29, 1.82) is 0 Å². The Balaban J connectivity index is 2.09. The number of carbonyl (C=O) groups excluding carboxylic acids is 4. The zero-order valence-electron chi connectivity index (χ0n) is 17.2. The van der Waals surface area contributed by atoms with E-state index in [4.69, 9.17) is 0 Å². The number of piperazine rings is 1. The lowest BCUT2D eigenvalue weighted by atomic mass is 10.0. The molecule has 3 N–H and O–H groups in total. The highest BCUT2D eigenvalue weighted by molar-refractivity contribution is 5.93. The van der Waals surface area contributed by atoms with Crippen LogP contribution < -0.4 is 16.0 Å². The van der Waals surface area contributed by atoms with Crippen LogP contribution in [0, 0.1) is 5.82 Å². The summed E-state index contributed by atoms with van der Waals surface area (Å²) in [6, 6.07) is 3.42. The Morgan fingerprint density at radius 1 is 1.17 bits per heavy atom. The Kier molecular flexibility index (Phi) is 8.72. The van der Waals surface area contributed by atoms with Gasteiger partial charge in [-0.1, -0.05) is 13.0 Å². The van der Waals surface area contributed by atoms with Crippen molar-refractivity contribution in [3.05, 3.63) is 29.6 Å². The van der Waals surface area contributed by atoms with Crippen molar-refractivity contribution >= 4 is 29.8 Å². The third-order valence-corrected chi connectivity index (χ3v) is 4.86. The van der Waals surface area contributed by atoms with E-state index >= 15 is 0 Å². The van der Waals surface area contributed by atoms with Crippen molar-refractivity contribution in [2.45, 2.75) is 25.8 Å². The van der Waals surface area contributed by atoms with Gasteiger partial charge < -0.3 is 25.8 Å². The molecule has 0 radical (unpaired) electrons. The molecule has 1 aromatic rings. The third-order valence-electron chi connectivity index (χ3n) is 4.86. The predicted octanol–water partition coefficient (Wildman–Crippen LogP) is -0.278. The number of hydrogen-bond acceptors (Lipinski definition) is 5. The maximum atomic E-state index is 14.4. The summed E-state index contributed by atoms with van der Waals surface area (Å²) in [5, 5.41) is 7.29. The molecule has 1 fully saturated rings. The maximum Gasteiger partial charge on any atom is 0.245 e. The van der Waals surface area contributed by atoms with E-state index in [1.807, 2.05) is 7.05 Å². The van der Waals surface area contributed by atoms with Gasteiger partial charge in [0.15, 0.2) is 0 Å². The highest BCUT2D eigenvalue weighted by atomic mass is 19.1. The molecule has 4 amide bonds. The smallest absolute Gasteiger partial charge is 0.245 e. The van der Waals surface area contributed by atoms with Crippen molar-refractivity contribution in [2.75, 3.05) is 45.1 Å². The molecular formula is C20H28FN5O4. The van der Waals surface area contributed by atoms with Crippen LogP contribution >= 0.6 is 0 Å². The number of nitrogens with one attached hydrogen (secondary N) is 3. The Labute approximate surface area is 175 Å². The second kappa shape index (κ2) is 11.2. The third kappa shape index (κ3) is 6.80. The van der Waals surface area contributed by atoms with Crippen molar-refractivity contribution in [1.82, 2.24) is 20.4 Å². The summed E-state index contributed by atoms with van der Waals surface area (Å²) < 4.78 is 14.4. The Bertz CT molecular complexity index is 780. The zero-order valence-corrected chi connectivity index (χ0v) is 17.2. The molecule has 0 spiro atoms. The van der Waals surface area contributed by atoms with Crippen molar-refractivity contribution < 1.29 is 23.6 Å². The van der Waals surface area contributed by atoms with E-state index in [9.17, 15) is 23.6 Å². The van der Waals surface area contributed by atoms with Crippen LogP contribution in [0.4, 0.5) is 10.1 Å². The lowest BCUT2D eigenvalue weighted by molar-refractivity contribution is -0.137. The van der Waals surface area contributed by atoms with Crippen molar-refractivity contribution in [2.24, 2.45) is 0 Å². The minimum atomic E-state index is -0.794. The molecular weight excluding hydrogens is 393 g/mol. The number of benzene rings is 1. The number of likely N-dealkylation sites (N-methyl/N-ethyl adjacent to an activating group) is 1. The standard InChI is InChI=1S/C20H28FN5O4/c1-3-18(28)24-17(20(30)26-8-6-25(2)7-9-26)11-14-4-5-16(15(21)10-14)23-19(29)12-22-13-27/h4-5,10,13,17H,3,6-9,11-12H2,1-2H3,(H,22,27)(H,23,29)(H,24,28). The largest absolute Gasteiger partial charge is 0.350 e. The number of rotatable bonds is 9. The number of halogens is 1. The zero-order chi connectivity index (χ0) is 22.1. The SMILES string of the molecule is CCC(=O)NC(Cc1ccc(NC(=O)CNC=O)c(F)c1)C(=O)N1CCN(C)CC1.